The molecule has 118 valence electrons. The molecule has 3 heteroatoms. The monoisotopic (exact) mass is 316 g/mol. The van der Waals surface area contributed by atoms with Gasteiger partial charge in [0.25, 0.3) is 0 Å². The average molecular weight is 316 g/mol. The van der Waals surface area contributed by atoms with Crippen molar-refractivity contribution in [3.63, 3.8) is 0 Å². The number of carbonyl (C=O) groups is 1. The van der Waals surface area contributed by atoms with E-state index < -0.39 is 0 Å². The SMILES string of the molecule is O=C(O/[N+](=C/c1ccccc1)Cc1ccccc1)c1ccccc1. The molecular weight excluding hydrogens is 298 g/mol. The van der Waals surface area contributed by atoms with Crippen LogP contribution in [0.2, 0.25) is 0 Å². The second-order valence-corrected chi connectivity index (χ2v) is 5.35. The summed E-state index contributed by atoms with van der Waals surface area (Å²) in [5.74, 6) is -0.376. The predicted octanol–water partition coefficient (Wildman–Crippen LogP) is 4.09. The molecule has 3 nitrogen and oxygen atoms in total. The van der Waals surface area contributed by atoms with Gasteiger partial charge in [0.2, 0.25) is 12.8 Å². The number of hydrogen-bond donors (Lipinski definition) is 0. The van der Waals surface area contributed by atoms with Gasteiger partial charge in [0.1, 0.15) is 0 Å². The van der Waals surface area contributed by atoms with Crippen LogP contribution in [0.15, 0.2) is 91.0 Å². The van der Waals surface area contributed by atoms with E-state index in [9.17, 15) is 4.79 Å². The Morgan fingerprint density at radius 3 is 1.96 bits per heavy atom. The molecule has 0 aromatic heterocycles. The Morgan fingerprint density at radius 2 is 1.33 bits per heavy atom. The molecule has 0 heterocycles. The van der Waals surface area contributed by atoms with Gasteiger partial charge in [-0.1, -0.05) is 66.7 Å². The first-order valence-corrected chi connectivity index (χ1v) is 7.79. The number of carbonyl (C=O) groups excluding carboxylic acids is 1. The standard InChI is InChI=1S/C21H18NO2/c23-21(20-14-8-3-9-15-20)24-22(16-18-10-4-1-5-11-18)17-19-12-6-2-7-13-19/h1-16H,17H2/q+1/b22-16+. The van der Waals surface area contributed by atoms with E-state index in [0.717, 1.165) is 11.1 Å². The zero-order valence-electron chi connectivity index (χ0n) is 13.2. The Hall–Kier alpha value is -3.20. The summed E-state index contributed by atoms with van der Waals surface area (Å²) in [7, 11) is 0. The van der Waals surface area contributed by atoms with E-state index in [2.05, 4.69) is 0 Å². The summed E-state index contributed by atoms with van der Waals surface area (Å²) in [5.41, 5.74) is 2.55. The van der Waals surface area contributed by atoms with E-state index in [-0.39, 0.29) is 5.97 Å². The van der Waals surface area contributed by atoms with Crippen LogP contribution < -0.4 is 0 Å². The molecule has 0 N–H and O–H groups in total. The minimum atomic E-state index is -0.376. The fourth-order valence-corrected chi connectivity index (χ4v) is 2.31. The Morgan fingerprint density at radius 1 is 0.792 bits per heavy atom. The lowest BCUT2D eigenvalue weighted by atomic mass is 10.2. The summed E-state index contributed by atoms with van der Waals surface area (Å²) in [6, 6.07) is 28.7. The van der Waals surface area contributed by atoms with Crippen LogP contribution in [0.1, 0.15) is 21.5 Å². The van der Waals surface area contributed by atoms with Crippen LogP contribution in [-0.2, 0) is 11.4 Å². The molecule has 3 aromatic rings. The van der Waals surface area contributed by atoms with Gasteiger partial charge in [0.15, 0.2) is 0 Å². The zero-order valence-corrected chi connectivity index (χ0v) is 13.2. The molecule has 0 saturated heterocycles. The number of rotatable bonds is 5. The number of hydrogen-bond acceptors (Lipinski definition) is 2. The highest BCUT2D eigenvalue weighted by Gasteiger charge is 2.17. The van der Waals surface area contributed by atoms with E-state index in [0.29, 0.717) is 12.1 Å². The van der Waals surface area contributed by atoms with Crippen molar-refractivity contribution in [1.82, 2.24) is 0 Å². The maximum atomic E-state index is 12.4. The summed E-state index contributed by atoms with van der Waals surface area (Å²) in [5, 5.41) is 0. The molecule has 0 aliphatic rings. The van der Waals surface area contributed by atoms with Gasteiger partial charge in [-0.2, -0.15) is 4.84 Å². The van der Waals surface area contributed by atoms with Gasteiger partial charge in [-0.05, 0) is 29.0 Å². The van der Waals surface area contributed by atoms with E-state index in [4.69, 9.17) is 4.84 Å². The van der Waals surface area contributed by atoms with Crippen molar-refractivity contribution in [2.75, 3.05) is 0 Å². The molecule has 0 unspecified atom stereocenters. The molecule has 0 fully saturated rings. The Bertz CT molecular complexity index is 812. The third-order valence-electron chi connectivity index (χ3n) is 3.48. The fraction of sp³-hybridized carbons (Fsp3) is 0.0476. The van der Waals surface area contributed by atoms with Crippen molar-refractivity contribution in [3.8, 4) is 0 Å². The van der Waals surface area contributed by atoms with E-state index >= 15 is 0 Å². The highest BCUT2D eigenvalue weighted by atomic mass is 16.7. The van der Waals surface area contributed by atoms with Gasteiger partial charge in [0.05, 0.1) is 5.56 Å². The molecular formula is C21H18NO2+. The molecule has 3 rings (SSSR count). The van der Waals surface area contributed by atoms with Crippen molar-refractivity contribution >= 4 is 12.2 Å². The van der Waals surface area contributed by atoms with Gasteiger partial charge in [-0.25, -0.2) is 4.79 Å². The number of hydroxylamine groups is 1. The Balaban J connectivity index is 1.84. The van der Waals surface area contributed by atoms with Crippen LogP contribution in [-0.4, -0.2) is 16.9 Å². The summed E-state index contributed by atoms with van der Waals surface area (Å²) < 4.78 is 1.57. The summed E-state index contributed by atoms with van der Waals surface area (Å²) in [6.45, 7) is 0.480. The third-order valence-corrected chi connectivity index (χ3v) is 3.48. The minimum absolute atomic E-state index is 0.376. The number of benzene rings is 3. The third kappa shape index (κ3) is 4.40. The molecule has 0 amide bonds. The highest BCUT2D eigenvalue weighted by Crippen LogP contribution is 2.06. The van der Waals surface area contributed by atoms with Crippen LogP contribution in [0, 0.1) is 0 Å². The van der Waals surface area contributed by atoms with Crippen LogP contribution >= 0.6 is 0 Å². The Labute approximate surface area is 141 Å². The molecule has 0 radical (unpaired) electrons. The summed E-state index contributed by atoms with van der Waals surface area (Å²) in [6.07, 6.45) is 1.83. The molecule has 0 saturated carbocycles. The predicted molar refractivity (Wildman–Crippen MR) is 93.9 cm³/mol. The second-order valence-electron chi connectivity index (χ2n) is 5.35. The average Bonchev–Trinajstić information content (AvgIpc) is 2.64. The van der Waals surface area contributed by atoms with E-state index in [1.54, 1.807) is 16.9 Å². The minimum Gasteiger partial charge on any atom is -0.239 e. The smallest absolute Gasteiger partial charge is 0.239 e. The maximum absolute atomic E-state index is 12.4. The van der Waals surface area contributed by atoms with Crippen LogP contribution in [0.3, 0.4) is 0 Å². The summed E-state index contributed by atoms with van der Waals surface area (Å²) in [4.78, 5) is 17.9. The fourth-order valence-electron chi connectivity index (χ4n) is 2.31. The molecule has 0 aliphatic heterocycles. The van der Waals surface area contributed by atoms with Crippen molar-refractivity contribution in [1.29, 1.82) is 0 Å². The van der Waals surface area contributed by atoms with Gasteiger partial charge in [-0.15, -0.1) is 0 Å². The molecule has 0 atom stereocenters. The van der Waals surface area contributed by atoms with Gasteiger partial charge in [-0.3, -0.25) is 0 Å². The lowest BCUT2D eigenvalue weighted by Gasteiger charge is -2.03. The molecule has 0 aliphatic carbocycles. The zero-order chi connectivity index (χ0) is 16.6. The van der Waals surface area contributed by atoms with Crippen LogP contribution in [0.25, 0.3) is 0 Å². The topological polar surface area (TPSA) is 29.3 Å². The maximum Gasteiger partial charge on any atom is 0.410 e. The van der Waals surface area contributed by atoms with E-state index in [1.807, 2.05) is 85.1 Å². The van der Waals surface area contributed by atoms with Gasteiger partial charge in [0, 0.05) is 11.1 Å². The van der Waals surface area contributed by atoms with Crippen LogP contribution in [0.5, 0.6) is 0 Å². The van der Waals surface area contributed by atoms with E-state index in [1.165, 1.54) is 0 Å². The number of nitrogens with zero attached hydrogens (tertiary/aromatic N) is 1. The molecule has 3 aromatic carbocycles. The highest BCUT2D eigenvalue weighted by molar-refractivity contribution is 5.89. The summed E-state index contributed by atoms with van der Waals surface area (Å²) >= 11 is 0. The van der Waals surface area contributed by atoms with Gasteiger partial charge >= 0.3 is 5.97 Å². The normalized spacial score (nSPS) is 11.1. The Kier molecular flexibility index (Phi) is 5.15. The van der Waals surface area contributed by atoms with Crippen molar-refractivity contribution < 1.29 is 14.4 Å². The second kappa shape index (κ2) is 7.88. The quantitative estimate of drug-likeness (QED) is 0.307. The van der Waals surface area contributed by atoms with Crippen molar-refractivity contribution in [2.24, 2.45) is 0 Å². The first-order valence-electron chi connectivity index (χ1n) is 7.79. The van der Waals surface area contributed by atoms with Crippen molar-refractivity contribution in [2.45, 2.75) is 6.54 Å². The molecule has 0 bridgehead atoms. The molecule has 24 heavy (non-hydrogen) atoms. The molecule has 0 spiro atoms. The first-order chi connectivity index (χ1) is 11.8. The van der Waals surface area contributed by atoms with Gasteiger partial charge < -0.3 is 0 Å². The first kappa shape index (κ1) is 15.7. The van der Waals surface area contributed by atoms with Crippen molar-refractivity contribution in [3.05, 3.63) is 108 Å². The lowest BCUT2D eigenvalue weighted by Crippen LogP contribution is -2.19. The largest absolute Gasteiger partial charge is 0.410 e. The lowest BCUT2D eigenvalue weighted by molar-refractivity contribution is -0.767. The van der Waals surface area contributed by atoms with Crippen LogP contribution in [0.4, 0.5) is 0 Å².